The summed E-state index contributed by atoms with van der Waals surface area (Å²) in [5.74, 6) is -0.422. The van der Waals surface area contributed by atoms with E-state index in [1.54, 1.807) is 25.1 Å². The number of carbonyl (C=O) groups is 2. The molecule has 1 fully saturated rings. The van der Waals surface area contributed by atoms with Crippen LogP contribution >= 0.6 is 0 Å². The number of ether oxygens (including phenoxy) is 2. The summed E-state index contributed by atoms with van der Waals surface area (Å²) in [5.41, 5.74) is 0.339. The molecule has 126 valence electrons. The Morgan fingerprint density at radius 2 is 2.13 bits per heavy atom. The molecular formula is C15H19NO6S. The Morgan fingerprint density at radius 3 is 2.78 bits per heavy atom. The number of benzene rings is 1. The highest BCUT2D eigenvalue weighted by Gasteiger charge is 2.28. The second kappa shape index (κ2) is 7.45. The summed E-state index contributed by atoms with van der Waals surface area (Å²) in [6, 6.07) is 5.97. The number of hydrogen-bond acceptors (Lipinski definition) is 6. The van der Waals surface area contributed by atoms with E-state index >= 15 is 0 Å². The number of hydrogen-bond donors (Lipinski definition) is 1. The van der Waals surface area contributed by atoms with Gasteiger partial charge < -0.3 is 14.8 Å². The molecule has 7 nitrogen and oxygen atoms in total. The van der Waals surface area contributed by atoms with Crippen LogP contribution in [0.2, 0.25) is 0 Å². The number of sulfone groups is 1. The van der Waals surface area contributed by atoms with Crippen molar-refractivity contribution in [2.45, 2.75) is 19.4 Å². The number of nitrogens with one attached hydrogen (secondary N) is 1. The van der Waals surface area contributed by atoms with Gasteiger partial charge in [0.1, 0.15) is 5.75 Å². The first-order chi connectivity index (χ1) is 10.9. The minimum absolute atomic E-state index is 0.0307. The van der Waals surface area contributed by atoms with E-state index in [4.69, 9.17) is 9.47 Å². The molecule has 1 N–H and O–H groups in total. The Bertz CT molecular complexity index is 685. The average Bonchev–Trinajstić information content (AvgIpc) is 2.84. The van der Waals surface area contributed by atoms with Crippen molar-refractivity contribution in [3.8, 4) is 5.75 Å². The molecule has 1 atom stereocenters. The van der Waals surface area contributed by atoms with Gasteiger partial charge in [-0.25, -0.2) is 13.2 Å². The van der Waals surface area contributed by atoms with Gasteiger partial charge in [0.05, 0.1) is 23.7 Å². The van der Waals surface area contributed by atoms with Crippen molar-refractivity contribution in [1.29, 1.82) is 0 Å². The number of amides is 1. The Morgan fingerprint density at radius 1 is 1.35 bits per heavy atom. The summed E-state index contributed by atoms with van der Waals surface area (Å²) in [7, 11) is -3.04. The first-order valence-corrected chi connectivity index (χ1v) is 9.11. The molecule has 1 aliphatic rings. The molecule has 1 amide bonds. The van der Waals surface area contributed by atoms with Crippen LogP contribution in [0.15, 0.2) is 24.3 Å². The lowest BCUT2D eigenvalue weighted by atomic mass is 10.2. The molecule has 1 saturated heterocycles. The molecule has 23 heavy (non-hydrogen) atoms. The normalized spacial score (nSPS) is 19.1. The zero-order valence-electron chi connectivity index (χ0n) is 12.8. The number of rotatable bonds is 6. The van der Waals surface area contributed by atoms with Gasteiger partial charge >= 0.3 is 5.97 Å². The highest BCUT2D eigenvalue weighted by atomic mass is 32.2. The van der Waals surface area contributed by atoms with Gasteiger partial charge in [0.15, 0.2) is 16.4 Å². The molecular weight excluding hydrogens is 322 g/mol. The summed E-state index contributed by atoms with van der Waals surface area (Å²) in [4.78, 5) is 23.4. The van der Waals surface area contributed by atoms with E-state index in [-0.39, 0.29) is 30.8 Å². The lowest BCUT2D eigenvalue weighted by Gasteiger charge is -2.12. The predicted octanol–water partition coefficient (Wildman–Crippen LogP) is 0.545. The molecule has 8 heteroatoms. The van der Waals surface area contributed by atoms with Crippen molar-refractivity contribution in [2.24, 2.45) is 0 Å². The first-order valence-electron chi connectivity index (χ1n) is 7.29. The summed E-state index contributed by atoms with van der Waals surface area (Å²) in [6.45, 7) is 1.74. The van der Waals surface area contributed by atoms with E-state index in [1.165, 1.54) is 6.07 Å². The lowest BCUT2D eigenvalue weighted by molar-refractivity contribution is -0.123. The van der Waals surface area contributed by atoms with E-state index < -0.39 is 21.7 Å². The molecule has 0 radical (unpaired) electrons. The minimum atomic E-state index is -3.04. The zero-order chi connectivity index (χ0) is 16.9. The van der Waals surface area contributed by atoms with E-state index in [0.717, 1.165) is 0 Å². The molecule has 0 saturated carbocycles. The van der Waals surface area contributed by atoms with Gasteiger partial charge in [-0.3, -0.25) is 4.79 Å². The third-order valence-corrected chi connectivity index (χ3v) is 5.08. The van der Waals surface area contributed by atoms with Crippen molar-refractivity contribution >= 4 is 21.7 Å². The molecule has 0 bridgehead atoms. The van der Waals surface area contributed by atoms with E-state index in [0.29, 0.717) is 17.7 Å². The Balaban J connectivity index is 1.85. The van der Waals surface area contributed by atoms with Crippen molar-refractivity contribution in [3.63, 3.8) is 0 Å². The van der Waals surface area contributed by atoms with Crippen molar-refractivity contribution in [3.05, 3.63) is 29.8 Å². The average molecular weight is 341 g/mol. The van der Waals surface area contributed by atoms with E-state index in [1.807, 2.05) is 0 Å². The van der Waals surface area contributed by atoms with Gasteiger partial charge in [0.25, 0.3) is 5.91 Å². The van der Waals surface area contributed by atoms with Crippen LogP contribution in [0.3, 0.4) is 0 Å². The fourth-order valence-corrected chi connectivity index (χ4v) is 3.93. The van der Waals surface area contributed by atoms with Crippen LogP contribution < -0.4 is 10.1 Å². The van der Waals surface area contributed by atoms with Gasteiger partial charge in [0.2, 0.25) is 0 Å². The lowest BCUT2D eigenvalue weighted by Crippen LogP contribution is -2.38. The molecule has 1 heterocycles. The third-order valence-electron chi connectivity index (χ3n) is 3.31. The smallest absolute Gasteiger partial charge is 0.338 e. The number of esters is 1. The van der Waals surface area contributed by atoms with Gasteiger partial charge in [0, 0.05) is 6.04 Å². The van der Waals surface area contributed by atoms with Crippen LogP contribution in [0.5, 0.6) is 5.75 Å². The molecule has 1 aliphatic heterocycles. The van der Waals surface area contributed by atoms with Crippen molar-refractivity contribution in [1.82, 2.24) is 5.32 Å². The van der Waals surface area contributed by atoms with Crippen LogP contribution in [0, 0.1) is 0 Å². The van der Waals surface area contributed by atoms with E-state index in [9.17, 15) is 18.0 Å². The summed E-state index contributed by atoms with van der Waals surface area (Å²) in [5, 5.41) is 2.63. The fourth-order valence-electron chi connectivity index (χ4n) is 2.25. The van der Waals surface area contributed by atoms with Gasteiger partial charge in [-0.1, -0.05) is 6.07 Å². The summed E-state index contributed by atoms with van der Waals surface area (Å²) >= 11 is 0. The maximum Gasteiger partial charge on any atom is 0.338 e. The van der Waals surface area contributed by atoms with Crippen molar-refractivity contribution < 1.29 is 27.5 Å². The van der Waals surface area contributed by atoms with Crippen LogP contribution in [0.25, 0.3) is 0 Å². The topological polar surface area (TPSA) is 98.8 Å². The van der Waals surface area contributed by atoms with Crippen molar-refractivity contribution in [2.75, 3.05) is 24.7 Å². The quantitative estimate of drug-likeness (QED) is 0.759. The standard InChI is InChI=1S/C15H19NO6S/c1-2-21-15(18)11-4-3-5-13(8-11)22-9-14(17)16-12-6-7-23(19,20)10-12/h3-5,8,12H,2,6-7,9-10H2,1H3,(H,16,17)/t12-/m1/s1. The SMILES string of the molecule is CCOC(=O)c1cccc(OCC(=O)N[C@@H]2CCS(=O)(=O)C2)c1. The number of carbonyl (C=O) groups excluding carboxylic acids is 2. The van der Waals surface area contributed by atoms with E-state index in [2.05, 4.69) is 5.32 Å². The maximum absolute atomic E-state index is 11.8. The zero-order valence-corrected chi connectivity index (χ0v) is 13.6. The monoisotopic (exact) mass is 341 g/mol. The highest BCUT2D eigenvalue weighted by molar-refractivity contribution is 7.91. The van der Waals surface area contributed by atoms with Crippen LogP contribution in [0.4, 0.5) is 0 Å². The first kappa shape index (κ1) is 17.3. The van der Waals surface area contributed by atoms with Crippen LogP contribution in [0.1, 0.15) is 23.7 Å². The largest absolute Gasteiger partial charge is 0.484 e. The molecule has 0 unspecified atom stereocenters. The minimum Gasteiger partial charge on any atom is -0.484 e. The fraction of sp³-hybridized carbons (Fsp3) is 0.467. The van der Waals surface area contributed by atoms with Gasteiger partial charge in [-0.15, -0.1) is 0 Å². The molecule has 2 rings (SSSR count). The Kier molecular flexibility index (Phi) is 5.59. The second-order valence-corrected chi connectivity index (χ2v) is 7.43. The van der Waals surface area contributed by atoms with Gasteiger partial charge in [-0.05, 0) is 31.5 Å². The third kappa shape index (κ3) is 5.24. The molecule has 1 aromatic rings. The predicted molar refractivity (Wildman–Crippen MR) is 83.1 cm³/mol. The summed E-state index contributed by atoms with van der Waals surface area (Å²) in [6.07, 6.45) is 0.423. The molecule has 0 aliphatic carbocycles. The Hall–Kier alpha value is -2.09. The molecule has 1 aromatic carbocycles. The molecule has 0 spiro atoms. The highest BCUT2D eigenvalue weighted by Crippen LogP contribution is 2.15. The summed E-state index contributed by atoms with van der Waals surface area (Å²) < 4.78 is 32.9. The maximum atomic E-state index is 11.8. The Labute approximate surface area is 134 Å². The van der Waals surface area contributed by atoms with Gasteiger partial charge in [-0.2, -0.15) is 0 Å². The second-order valence-electron chi connectivity index (χ2n) is 5.20. The van der Waals surface area contributed by atoms with Crippen LogP contribution in [-0.4, -0.2) is 51.1 Å². The van der Waals surface area contributed by atoms with Crippen LogP contribution in [-0.2, 0) is 19.4 Å². The molecule has 0 aromatic heterocycles.